The van der Waals surface area contributed by atoms with Gasteiger partial charge in [-0.05, 0) is 86.5 Å². The molecule has 214 valence electrons. The summed E-state index contributed by atoms with van der Waals surface area (Å²) in [6.07, 6.45) is 1.20. The normalized spacial score (nSPS) is 11.9. The first kappa shape index (κ1) is 30.6. The van der Waals surface area contributed by atoms with Crippen LogP contribution in [-0.2, 0) is 9.59 Å². The average molecular weight is 602 g/mol. The first-order valence-electron chi connectivity index (χ1n) is 13.1. The maximum Gasteiger partial charge on any atom is 0.272 e. The molecule has 9 heteroatoms. The van der Waals surface area contributed by atoms with Crippen LogP contribution in [0.4, 0.5) is 15.8 Å². The average Bonchev–Trinajstić information content (AvgIpc) is 2.97. The largest absolute Gasteiger partial charge is 0.325 e. The van der Waals surface area contributed by atoms with Crippen LogP contribution in [0.1, 0.15) is 34.0 Å². The van der Waals surface area contributed by atoms with Crippen molar-refractivity contribution in [2.45, 2.75) is 30.9 Å². The Morgan fingerprint density at radius 2 is 1.48 bits per heavy atom. The third-order valence-corrected chi connectivity index (χ3v) is 7.78. The summed E-state index contributed by atoms with van der Waals surface area (Å²) in [5.41, 5.74) is 3.35. The summed E-state index contributed by atoms with van der Waals surface area (Å²) < 4.78 is 14.5. The summed E-state index contributed by atoms with van der Waals surface area (Å²) in [4.78, 5) is 39.8. The zero-order valence-corrected chi connectivity index (χ0v) is 24.8. The van der Waals surface area contributed by atoms with Gasteiger partial charge in [0.15, 0.2) is 0 Å². The van der Waals surface area contributed by atoms with E-state index < -0.39 is 17.6 Å². The number of nitrogens with one attached hydrogen (secondary N) is 3. The Kier molecular flexibility index (Phi) is 10.2. The minimum atomic E-state index is -0.666. The Balaban J connectivity index is 1.47. The van der Waals surface area contributed by atoms with Gasteiger partial charge in [0.2, 0.25) is 5.91 Å². The van der Waals surface area contributed by atoms with E-state index in [0.717, 1.165) is 21.7 Å². The molecule has 3 N–H and O–H groups in total. The molecule has 42 heavy (non-hydrogen) atoms. The molecule has 0 aromatic heterocycles. The lowest BCUT2D eigenvalue weighted by Crippen LogP contribution is -2.30. The van der Waals surface area contributed by atoms with E-state index in [1.165, 1.54) is 36.0 Å². The molecule has 0 bridgehead atoms. The van der Waals surface area contributed by atoms with Gasteiger partial charge in [0.05, 0.1) is 10.3 Å². The van der Waals surface area contributed by atoms with Gasteiger partial charge in [-0.15, -0.1) is 11.8 Å². The van der Waals surface area contributed by atoms with Crippen molar-refractivity contribution in [2.24, 2.45) is 0 Å². The number of rotatable bonds is 9. The highest BCUT2D eigenvalue weighted by molar-refractivity contribution is 8.00. The van der Waals surface area contributed by atoms with E-state index >= 15 is 0 Å². The van der Waals surface area contributed by atoms with Crippen LogP contribution in [0.5, 0.6) is 0 Å². The number of carbonyl (C=O) groups excluding carboxylic acids is 3. The van der Waals surface area contributed by atoms with Crippen LogP contribution in [-0.4, -0.2) is 23.0 Å². The quantitative estimate of drug-likeness (QED) is 0.136. The number of carbonyl (C=O) groups is 3. The molecular weight excluding hydrogens is 573 g/mol. The summed E-state index contributed by atoms with van der Waals surface area (Å²) in [5, 5.41) is 8.02. The van der Waals surface area contributed by atoms with Gasteiger partial charge in [-0.25, -0.2) is 4.39 Å². The Labute approximate surface area is 253 Å². The van der Waals surface area contributed by atoms with Gasteiger partial charge in [0.1, 0.15) is 11.5 Å². The van der Waals surface area contributed by atoms with Crippen LogP contribution in [0.25, 0.3) is 6.08 Å². The molecule has 0 aliphatic rings. The summed E-state index contributed by atoms with van der Waals surface area (Å²) in [7, 11) is 0. The van der Waals surface area contributed by atoms with Crippen LogP contribution < -0.4 is 16.0 Å². The zero-order chi connectivity index (χ0) is 30.2. The van der Waals surface area contributed by atoms with Gasteiger partial charge in [-0.1, -0.05) is 54.1 Å². The first-order valence-corrected chi connectivity index (χ1v) is 14.4. The van der Waals surface area contributed by atoms with Crippen LogP contribution >= 0.6 is 23.4 Å². The molecule has 1 unspecified atom stereocenters. The van der Waals surface area contributed by atoms with Crippen LogP contribution in [0, 0.1) is 19.7 Å². The fourth-order valence-electron chi connectivity index (χ4n) is 4.04. The highest BCUT2D eigenvalue weighted by Gasteiger charge is 2.19. The van der Waals surface area contributed by atoms with Crippen molar-refractivity contribution in [3.8, 4) is 0 Å². The number of para-hydroxylation sites is 1. The van der Waals surface area contributed by atoms with Crippen molar-refractivity contribution in [3.63, 3.8) is 0 Å². The Bertz CT molecular complexity index is 1600. The molecule has 0 fully saturated rings. The summed E-state index contributed by atoms with van der Waals surface area (Å²) in [5.74, 6) is -1.96. The van der Waals surface area contributed by atoms with Crippen molar-refractivity contribution in [2.75, 3.05) is 10.6 Å². The van der Waals surface area contributed by atoms with Gasteiger partial charge in [0.25, 0.3) is 11.8 Å². The smallest absolute Gasteiger partial charge is 0.272 e. The molecule has 0 saturated carbocycles. The van der Waals surface area contributed by atoms with E-state index in [1.807, 2.05) is 39.0 Å². The maximum absolute atomic E-state index is 14.5. The van der Waals surface area contributed by atoms with Crippen molar-refractivity contribution in [3.05, 3.63) is 130 Å². The van der Waals surface area contributed by atoms with Gasteiger partial charge < -0.3 is 16.0 Å². The lowest BCUT2D eigenvalue weighted by Gasteiger charge is -2.16. The monoisotopic (exact) mass is 601 g/mol. The SMILES string of the molecule is Cc1cccc(C)c1NC(=O)C(C)Sc1ccc(NC(=O)/C(=C/c2c(F)cccc2Cl)NC(=O)c2ccccc2)cc1. The predicted molar refractivity (Wildman–Crippen MR) is 168 cm³/mol. The van der Waals surface area contributed by atoms with E-state index in [4.69, 9.17) is 11.6 Å². The number of aryl methyl sites for hydroxylation is 2. The molecule has 4 rings (SSSR count). The van der Waals surface area contributed by atoms with Crippen molar-refractivity contribution >= 4 is 58.5 Å². The second-order valence-corrected chi connectivity index (χ2v) is 11.3. The highest BCUT2D eigenvalue weighted by Crippen LogP contribution is 2.28. The summed E-state index contributed by atoms with van der Waals surface area (Å²) >= 11 is 7.55. The predicted octanol–water partition coefficient (Wildman–Crippen LogP) is 7.62. The third-order valence-electron chi connectivity index (χ3n) is 6.34. The van der Waals surface area contributed by atoms with Crippen LogP contribution in [0.2, 0.25) is 5.02 Å². The zero-order valence-electron chi connectivity index (χ0n) is 23.2. The van der Waals surface area contributed by atoms with Gasteiger partial charge in [-0.2, -0.15) is 0 Å². The molecular formula is C33H29ClFN3O3S. The molecule has 4 aromatic carbocycles. The minimum absolute atomic E-state index is 0.0300. The molecule has 0 radical (unpaired) electrons. The van der Waals surface area contributed by atoms with E-state index in [2.05, 4.69) is 16.0 Å². The van der Waals surface area contributed by atoms with Crippen LogP contribution in [0.3, 0.4) is 0 Å². The number of benzene rings is 4. The lowest BCUT2D eigenvalue weighted by atomic mass is 10.1. The Morgan fingerprint density at radius 3 is 2.12 bits per heavy atom. The number of amides is 3. The third kappa shape index (κ3) is 7.87. The second-order valence-electron chi connectivity index (χ2n) is 9.51. The Morgan fingerprint density at radius 1 is 0.833 bits per heavy atom. The van der Waals surface area contributed by atoms with Crippen LogP contribution in [0.15, 0.2) is 102 Å². The van der Waals surface area contributed by atoms with Crippen molar-refractivity contribution in [1.29, 1.82) is 0 Å². The van der Waals surface area contributed by atoms with E-state index in [-0.39, 0.29) is 27.4 Å². The number of halogens is 2. The minimum Gasteiger partial charge on any atom is -0.325 e. The molecule has 0 spiro atoms. The molecule has 6 nitrogen and oxygen atoms in total. The van der Waals surface area contributed by atoms with E-state index in [0.29, 0.717) is 11.3 Å². The fourth-order valence-corrected chi connectivity index (χ4v) is 5.13. The standard InChI is InChI=1S/C33H29ClFN3O3S/c1-20-9-7-10-21(2)30(20)38-31(39)22(3)42-25-17-15-24(16-18-25)36-33(41)29(19-26-27(34)13-8-14-28(26)35)37-32(40)23-11-5-4-6-12-23/h4-19,22H,1-3H3,(H,36,41)(H,37,40)(H,38,39)/b29-19-. The van der Waals surface area contributed by atoms with E-state index in [9.17, 15) is 18.8 Å². The molecule has 0 aliphatic carbocycles. The second kappa shape index (κ2) is 14.0. The number of hydrogen-bond donors (Lipinski definition) is 3. The summed E-state index contributed by atoms with van der Waals surface area (Å²) in [6.45, 7) is 5.72. The topological polar surface area (TPSA) is 87.3 Å². The van der Waals surface area contributed by atoms with Gasteiger partial charge >= 0.3 is 0 Å². The summed E-state index contributed by atoms with van der Waals surface area (Å²) in [6, 6.07) is 25.3. The highest BCUT2D eigenvalue weighted by atomic mass is 35.5. The molecule has 4 aromatic rings. The van der Waals surface area contributed by atoms with Crippen molar-refractivity contribution < 1.29 is 18.8 Å². The lowest BCUT2D eigenvalue weighted by molar-refractivity contribution is -0.115. The molecule has 0 aliphatic heterocycles. The Hall–Kier alpha value is -4.40. The molecule has 3 amide bonds. The van der Waals surface area contributed by atoms with Gasteiger partial charge in [0, 0.05) is 27.4 Å². The number of thioether (sulfide) groups is 1. The maximum atomic E-state index is 14.5. The molecule has 1 atom stereocenters. The molecule has 0 saturated heterocycles. The molecule has 0 heterocycles. The number of hydrogen-bond acceptors (Lipinski definition) is 4. The van der Waals surface area contributed by atoms with Gasteiger partial charge in [-0.3, -0.25) is 14.4 Å². The number of anilines is 2. The first-order chi connectivity index (χ1) is 20.1. The fraction of sp³-hybridized carbons (Fsp3) is 0.121. The van der Waals surface area contributed by atoms with E-state index in [1.54, 1.807) is 54.6 Å². The van der Waals surface area contributed by atoms with Crippen molar-refractivity contribution in [1.82, 2.24) is 5.32 Å².